The van der Waals surface area contributed by atoms with Crippen molar-refractivity contribution in [3.05, 3.63) is 0 Å². The van der Waals surface area contributed by atoms with Gasteiger partial charge < -0.3 is 50.2 Å². The lowest BCUT2D eigenvalue weighted by Gasteiger charge is -2.38. The van der Waals surface area contributed by atoms with Crippen molar-refractivity contribution in [3.8, 4) is 0 Å². The molecule has 0 aromatic rings. The molecule has 0 aliphatic rings. The first kappa shape index (κ1) is 36.8. The van der Waals surface area contributed by atoms with Crippen LogP contribution in [-0.2, 0) is 14.3 Å². The second kappa shape index (κ2) is 20.7. The summed E-state index contributed by atoms with van der Waals surface area (Å²) in [6, 6.07) is -1.95. The lowest BCUT2D eigenvalue weighted by molar-refractivity contribution is -0.153. The molecule has 2 atom stereocenters. The van der Waals surface area contributed by atoms with Crippen LogP contribution in [0.4, 0.5) is 4.39 Å². The Morgan fingerprint density at radius 2 is 1.39 bits per heavy atom. The van der Waals surface area contributed by atoms with Crippen molar-refractivity contribution in [2.24, 2.45) is 0 Å². The summed E-state index contributed by atoms with van der Waals surface area (Å²) >= 11 is 0. The van der Waals surface area contributed by atoms with Crippen LogP contribution in [0.3, 0.4) is 0 Å². The van der Waals surface area contributed by atoms with E-state index in [2.05, 4.69) is 15.8 Å². The van der Waals surface area contributed by atoms with Gasteiger partial charge in [-0.1, -0.05) is 0 Å². The molecule has 0 fully saturated rings. The van der Waals surface area contributed by atoms with Gasteiger partial charge in [-0.05, 0) is 99.5 Å². The number of carbonyl (C=O) groups is 2. The van der Waals surface area contributed by atoms with Crippen molar-refractivity contribution in [1.29, 1.82) is 0 Å². The summed E-state index contributed by atoms with van der Waals surface area (Å²) in [6.45, 7) is 10.8. The number of hydrogen-bond donors (Lipinski definition) is 7. The molecule has 7 N–H and O–H groups in total. The molecule has 0 bridgehead atoms. The summed E-state index contributed by atoms with van der Waals surface area (Å²) in [6.07, 6.45) is 1.56. The normalized spacial score (nSPS) is 13.0. The molecule has 0 aromatic carbocycles. The number of alkyl halides is 1. The van der Waals surface area contributed by atoms with E-state index in [1.54, 1.807) is 46.0 Å². The highest BCUT2D eigenvalue weighted by molar-refractivity contribution is 6.46. The van der Waals surface area contributed by atoms with E-state index in [4.69, 9.17) is 4.74 Å². The van der Waals surface area contributed by atoms with Gasteiger partial charge in [0.25, 0.3) is 5.91 Å². The van der Waals surface area contributed by atoms with E-state index >= 15 is 0 Å². The number of rotatable bonds is 22. The molecule has 0 radical (unpaired) electrons. The van der Waals surface area contributed by atoms with Gasteiger partial charge in [-0.3, -0.25) is 4.79 Å². The first-order chi connectivity index (χ1) is 17.8. The molecule has 2 unspecified atom stereocenters. The summed E-state index contributed by atoms with van der Waals surface area (Å²) in [5, 5.41) is 47.9. The Labute approximate surface area is 229 Å². The maximum absolute atomic E-state index is 13.1. The minimum atomic E-state index is -1.30. The first-order valence-corrected chi connectivity index (χ1v) is 13.5. The second-order valence-corrected chi connectivity index (χ2v) is 9.88. The highest BCUT2D eigenvalue weighted by Gasteiger charge is 2.38. The molecular formula is C21H48B4FN5O7. The Morgan fingerprint density at radius 3 is 1.84 bits per heavy atom. The zero-order valence-corrected chi connectivity index (χ0v) is 23.9. The molecule has 0 aromatic heterocycles. The van der Waals surface area contributed by atoms with Crippen LogP contribution in [0.15, 0.2) is 0 Å². The van der Waals surface area contributed by atoms with Crippen molar-refractivity contribution < 1.29 is 38.8 Å². The van der Waals surface area contributed by atoms with E-state index in [0.717, 1.165) is 0 Å². The number of ether oxygens (including phenoxy) is 1. The minimum absolute atomic E-state index is 0.324. The van der Waals surface area contributed by atoms with Crippen LogP contribution >= 0.6 is 0 Å². The van der Waals surface area contributed by atoms with E-state index in [1.165, 1.54) is 0 Å². The predicted octanol–water partition coefficient (Wildman–Crippen LogP) is -1.45. The van der Waals surface area contributed by atoms with Crippen LogP contribution in [0.2, 0.25) is 27.3 Å². The predicted molar refractivity (Wildman–Crippen MR) is 151 cm³/mol. The molecule has 0 aliphatic carbocycles. The van der Waals surface area contributed by atoms with Gasteiger partial charge >= 0.3 is 34.2 Å². The van der Waals surface area contributed by atoms with Crippen molar-refractivity contribution in [3.63, 3.8) is 0 Å². The summed E-state index contributed by atoms with van der Waals surface area (Å²) in [5.41, 5.74) is 0. The standard InChI is InChI=1S/C21H48B4FN5O7/c1-17(2)38-21(33)20(29-19(32)16-26)18(31(25(6)37)15-9-12-28-23(4)35)10-7-13-30(24(5)36)14-8-11-27-22(3)34/h17-18,20,27-28,34-37H,7-16H2,1-6H3,(H,29,32). The van der Waals surface area contributed by atoms with Crippen LogP contribution in [0.1, 0.15) is 39.5 Å². The van der Waals surface area contributed by atoms with E-state index in [0.29, 0.717) is 58.4 Å². The van der Waals surface area contributed by atoms with E-state index in [1.807, 2.05) is 4.81 Å². The number of nitrogens with zero attached hydrogens (tertiary/aromatic N) is 2. The number of amides is 1. The fourth-order valence-electron chi connectivity index (χ4n) is 4.14. The fourth-order valence-corrected chi connectivity index (χ4v) is 4.14. The highest BCUT2D eigenvalue weighted by atomic mass is 19.1. The van der Waals surface area contributed by atoms with E-state index in [9.17, 15) is 34.1 Å². The second-order valence-electron chi connectivity index (χ2n) is 9.88. The van der Waals surface area contributed by atoms with Gasteiger partial charge in [0.1, 0.15) is 6.04 Å². The molecule has 0 saturated carbocycles. The third-order valence-electron chi connectivity index (χ3n) is 5.90. The largest absolute Gasteiger partial charge is 0.461 e. The molecule has 1 amide bonds. The van der Waals surface area contributed by atoms with Crippen LogP contribution < -0.4 is 15.8 Å². The molecule has 0 aliphatic heterocycles. The maximum Gasteiger partial charge on any atom is 0.376 e. The third-order valence-corrected chi connectivity index (χ3v) is 5.90. The molecule has 218 valence electrons. The van der Waals surface area contributed by atoms with Crippen LogP contribution in [0.25, 0.3) is 0 Å². The smallest absolute Gasteiger partial charge is 0.376 e. The van der Waals surface area contributed by atoms with E-state index in [-0.39, 0.29) is 0 Å². The van der Waals surface area contributed by atoms with Crippen LogP contribution in [-0.4, -0.2) is 127 Å². The fraction of sp³-hybridized carbons (Fsp3) is 0.905. The van der Waals surface area contributed by atoms with Crippen molar-refractivity contribution in [2.75, 3.05) is 39.4 Å². The van der Waals surface area contributed by atoms with Gasteiger partial charge in [0.2, 0.25) is 0 Å². The molecule has 12 nitrogen and oxygen atoms in total. The number of esters is 1. The van der Waals surface area contributed by atoms with Crippen molar-refractivity contribution in [1.82, 2.24) is 25.4 Å². The topological polar surface area (TPSA) is 167 Å². The maximum atomic E-state index is 13.1. The average Bonchev–Trinajstić information content (AvgIpc) is 2.81. The quantitative estimate of drug-likeness (QED) is 0.0484. The molecule has 0 spiro atoms. The Kier molecular flexibility index (Phi) is 20.0. The number of hydrogen-bond acceptors (Lipinski definition) is 11. The Morgan fingerprint density at radius 1 is 0.868 bits per heavy atom. The Hall–Kier alpha value is -1.19. The average molecular weight is 545 g/mol. The zero-order valence-electron chi connectivity index (χ0n) is 23.9. The number of halogens is 1. The lowest BCUT2D eigenvalue weighted by Crippen LogP contribution is -2.60. The first-order valence-electron chi connectivity index (χ1n) is 13.5. The molecule has 38 heavy (non-hydrogen) atoms. The monoisotopic (exact) mass is 545 g/mol. The van der Waals surface area contributed by atoms with Gasteiger partial charge in [-0.2, -0.15) is 0 Å². The summed E-state index contributed by atoms with van der Waals surface area (Å²) < 4.78 is 18.5. The van der Waals surface area contributed by atoms with Crippen LogP contribution in [0, 0.1) is 0 Å². The third kappa shape index (κ3) is 16.7. The molecular weight excluding hydrogens is 497 g/mol. The lowest BCUT2D eigenvalue weighted by atomic mass is 9.79. The van der Waals surface area contributed by atoms with Gasteiger partial charge in [-0.25, -0.2) is 9.18 Å². The van der Waals surface area contributed by atoms with Gasteiger partial charge in [0.15, 0.2) is 6.67 Å². The van der Waals surface area contributed by atoms with Crippen molar-refractivity contribution in [2.45, 2.75) is 85.0 Å². The summed E-state index contributed by atoms with van der Waals surface area (Å²) in [7, 11) is -3.05. The van der Waals surface area contributed by atoms with Gasteiger partial charge in [0, 0.05) is 6.04 Å². The van der Waals surface area contributed by atoms with Gasteiger partial charge in [-0.15, -0.1) is 0 Å². The van der Waals surface area contributed by atoms with Crippen LogP contribution in [0.5, 0.6) is 0 Å². The molecule has 17 heteroatoms. The number of carbonyl (C=O) groups excluding carboxylic acids is 2. The zero-order chi connectivity index (χ0) is 29.3. The Bertz CT molecular complexity index is 657. The van der Waals surface area contributed by atoms with E-state index < -0.39 is 64.9 Å². The number of nitrogens with one attached hydrogen (secondary N) is 3. The SMILES string of the molecule is CB(O)NCCCN(CCCC(C(NC(=O)CF)C(=O)OC(C)C)N(CCCNB(C)O)B(C)O)B(C)O. The van der Waals surface area contributed by atoms with Gasteiger partial charge in [0.05, 0.1) is 6.10 Å². The molecule has 0 rings (SSSR count). The summed E-state index contributed by atoms with van der Waals surface area (Å²) in [4.78, 5) is 28.6. The molecule has 0 saturated heterocycles. The molecule has 0 heterocycles. The van der Waals surface area contributed by atoms with Crippen molar-refractivity contribution >= 4 is 40.1 Å². The minimum Gasteiger partial charge on any atom is -0.461 e. The summed E-state index contributed by atoms with van der Waals surface area (Å²) in [5.74, 6) is -1.69. The highest BCUT2D eigenvalue weighted by Crippen LogP contribution is 2.17. The Balaban J connectivity index is 5.75.